The number of rotatable bonds is 6. The summed E-state index contributed by atoms with van der Waals surface area (Å²) in [5, 5.41) is 0. The Labute approximate surface area is 148 Å². The lowest BCUT2D eigenvalue weighted by molar-refractivity contribution is -0.138. The summed E-state index contributed by atoms with van der Waals surface area (Å²) < 4.78 is 44.2. The van der Waals surface area contributed by atoms with Crippen LogP contribution in [-0.4, -0.2) is 4.98 Å². The second-order valence-electron chi connectivity index (χ2n) is 5.44. The number of hydrogen-bond acceptors (Lipinski definition) is 4. The Kier molecular flexibility index (Phi) is 5.38. The van der Waals surface area contributed by atoms with Gasteiger partial charge in [0.1, 0.15) is 11.3 Å². The lowest BCUT2D eigenvalue weighted by Gasteiger charge is -2.12. The normalized spacial score (nSPS) is 11.2. The summed E-state index contributed by atoms with van der Waals surface area (Å²) in [5.74, 6) is -0.175. The highest BCUT2D eigenvalue weighted by Gasteiger charge is 2.35. The topological polar surface area (TPSA) is 46.2 Å². The van der Waals surface area contributed by atoms with Crippen molar-refractivity contribution in [3.05, 3.63) is 84.1 Å². The molecule has 0 aliphatic rings. The molecule has 0 aliphatic carbocycles. The van der Waals surface area contributed by atoms with E-state index in [1.165, 1.54) is 12.3 Å². The number of pyridine rings is 1. The van der Waals surface area contributed by atoms with Crippen molar-refractivity contribution in [2.75, 3.05) is 5.43 Å². The Morgan fingerprint density at radius 3 is 2.31 bits per heavy atom. The van der Waals surface area contributed by atoms with Crippen LogP contribution in [0.3, 0.4) is 0 Å². The van der Waals surface area contributed by atoms with Crippen molar-refractivity contribution in [1.82, 2.24) is 10.4 Å². The van der Waals surface area contributed by atoms with E-state index in [2.05, 4.69) is 15.8 Å². The first-order valence-corrected chi connectivity index (χ1v) is 7.85. The van der Waals surface area contributed by atoms with Crippen molar-refractivity contribution >= 4 is 5.69 Å². The maximum atomic E-state index is 13.0. The molecule has 1 aromatic heterocycles. The van der Waals surface area contributed by atoms with Gasteiger partial charge in [-0.1, -0.05) is 30.3 Å². The van der Waals surface area contributed by atoms with Crippen LogP contribution < -0.4 is 15.6 Å². The minimum absolute atomic E-state index is 0.286. The number of para-hydroxylation sites is 1. The molecule has 2 aromatic carbocycles. The number of ether oxygens (including phenoxy) is 1. The van der Waals surface area contributed by atoms with Crippen molar-refractivity contribution < 1.29 is 17.9 Å². The molecule has 0 amide bonds. The molecule has 0 fully saturated rings. The number of alkyl halides is 3. The maximum absolute atomic E-state index is 13.0. The van der Waals surface area contributed by atoms with Gasteiger partial charge in [0.2, 0.25) is 5.88 Å². The van der Waals surface area contributed by atoms with E-state index in [1.807, 2.05) is 30.3 Å². The molecule has 26 heavy (non-hydrogen) atoms. The van der Waals surface area contributed by atoms with Gasteiger partial charge < -0.3 is 10.2 Å². The van der Waals surface area contributed by atoms with Crippen molar-refractivity contribution in [2.24, 2.45) is 0 Å². The fraction of sp³-hybridized carbons (Fsp3) is 0.105. The van der Waals surface area contributed by atoms with Crippen LogP contribution in [0.15, 0.2) is 72.9 Å². The molecular formula is C19H16F3N3O. The number of nitrogens with zero attached hydrogens (tertiary/aromatic N) is 1. The lowest BCUT2D eigenvalue weighted by Crippen LogP contribution is -2.20. The van der Waals surface area contributed by atoms with Gasteiger partial charge in [-0.05, 0) is 42.0 Å². The van der Waals surface area contributed by atoms with E-state index in [-0.39, 0.29) is 5.75 Å². The van der Waals surface area contributed by atoms with Crippen LogP contribution in [0.1, 0.15) is 11.1 Å². The average molecular weight is 359 g/mol. The molecule has 4 nitrogen and oxygen atoms in total. The molecule has 3 rings (SSSR count). The van der Waals surface area contributed by atoms with Gasteiger partial charge in [-0.15, -0.1) is 0 Å². The molecule has 3 aromatic rings. The highest BCUT2D eigenvalue weighted by molar-refractivity contribution is 5.41. The molecule has 0 saturated heterocycles. The van der Waals surface area contributed by atoms with Gasteiger partial charge in [0.15, 0.2) is 0 Å². The first-order chi connectivity index (χ1) is 12.5. The zero-order valence-electron chi connectivity index (χ0n) is 13.6. The minimum atomic E-state index is -4.52. The number of benzene rings is 2. The molecule has 0 saturated carbocycles. The summed E-state index contributed by atoms with van der Waals surface area (Å²) in [6, 6.07) is 18.5. The van der Waals surface area contributed by atoms with Gasteiger partial charge in [0.05, 0.1) is 0 Å². The molecule has 1 heterocycles. The lowest BCUT2D eigenvalue weighted by atomic mass is 10.2. The molecule has 0 spiro atoms. The fourth-order valence-electron chi connectivity index (χ4n) is 2.24. The predicted octanol–water partition coefficient (Wildman–Crippen LogP) is 5.01. The number of hydrazine groups is 1. The fourth-order valence-corrected chi connectivity index (χ4v) is 2.24. The molecule has 0 bridgehead atoms. The highest BCUT2D eigenvalue weighted by Crippen LogP contribution is 2.36. The van der Waals surface area contributed by atoms with Crippen LogP contribution in [0.2, 0.25) is 0 Å². The SMILES string of the molecule is FC(F)(F)c1cccnc1Oc1ccc(CNNc2ccccc2)cc1. The summed E-state index contributed by atoms with van der Waals surface area (Å²) in [5.41, 5.74) is 7.09. The van der Waals surface area contributed by atoms with Gasteiger partial charge in [-0.25, -0.2) is 10.4 Å². The first kappa shape index (κ1) is 17.8. The van der Waals surface area contributed by atoms with E-state index in [4.69, 9.17) is 4.74 Å². The third-order valence-corrected chi connectivity index (χ3v) is 3.51. The summed E-state index contributed by atoms with van der Waals surface area (Å²) in [7, 11) is 0. The summed E-state index contributed by atoms with van der Waals surface area (Å²) in [4.78, 5) is 3.68. The van der Waals surface area contributed by atoms with Crippen LogP contribution in [-0.2, 0) is 12.7 Å². The van der Waals surface area contributed by atoms with Crippen LogP contribution in [0.25, 0.3) is 0 Å². The number of hydrogen-bond donors (Lipinski definition) is 2. The Bertz CT molecular complexity index is 837. The van der Waals surface area contributed by atoms with Gasteiger partial charge in [0.25, 0.3) is 0 Å². The standard InChI is InChI=1S/C19H16F3N3O/c20-19(21,22)17-7-4-12-23-18(17)26-16-10-8-14(9-11-16)13-24-25-15-5-2-1-3-6-15/h1-12,24-25H,13H2. The molecule has 134 valence electrons. The molecule has 0 radical (unpaired) electrons. The van der Waals surface area contributed by atoms with Crippen molar-refractivity contribution in [1.29, 1.82) is 0 Å². The third-order valence-electron chi connectivity index (χ3n) is 3.51. The Hall–Kier alpha value is -3.06. The van der Waals surface area contributed by atoms with Crippen LogP contribution in [0.5, 0.6) is 11.6 Å². The number of halogens is 3. The predicted molar refractivity (Wildman–Crippen MR) is 92.7 cm³/mol. The Morgan fingerprint density at radius 1 is 0.885 bits per heavy atom. The minimum Gasteiger partial charge on any atom is -0.438 e. The Morgan fingerprint density at radius 2 is 1.62 bits per heavy atom. The Balaban J connectivity index is 1.60. The number of anilines is 1. The van der Waals surface area contributed by atoms with E-state index in [0.29, 0.717) is 6.54 Å². The monoisotopic (exact) mass is 359 g/mol. The zero-order valence-corrected chi connectivity index (χ0v) is 13.6. The quantitative estimate of drug-likeness (QED) is 0.608. The van der Waals surface area contributed by atoms with Gasteiger partial charge in [-0.3, -0.25) is 0 Å². The molecule has 7 heteroatoms. The summed E-state index contributed by atoms with van der Waals surface area (Å²) >= 11 is 0. The van der Waals surface area contributed by atoms with E-state index in [9.17, 15) is 13.2 Å². The van der Waals surface area contributed by atoms with Crippen molar-refractivity contribution in [2.45, 2.75) is 12.7 Å². The van der Waals surface area contributed by atoms with Crippen LogP contribution in [0, 0.1) is 0 Å². The van der Waals surface area contributed by atoms with E-state index < -0.39 is 17.6 Å². The second kappa shape index (κ2) is 7.88. The van der Waals surface area contributed by atoms with Gasteiger partial charge in [-0.2, -0.15) is 13.2 Å². The van der Waals surface area contributed by atoms with Gasteiger partial charge >= 0.3 is 6.18 Å². The number of nitrogens with one attached hydrogen (secondary N) is 2. The first-order valence-electron chi connectivity index (χ1n) is 7.85. The molecule has 2 N–H and O–H groups in total. The highest BCUT2D eigenvalue weighted by atomic mass is 19.4. The molecule has 0 aliphatic heterocycles. The molecule has 0 atom stereocenters. The number of aromatic nitrogens is 1. The van der Waals surface area contributed by atoms with Crippen molar-refractivity contribution in [3.63, 3.8) is 0 Å². The molecular weight excluding hydrogens is 343 g/mol. The third kappa shape index (κ3) is 4.73. The summed E-state index contributed by atoms with van der Waals surface area (Å²) in [6.45, 7) is 0.534. The second-order valence-corrected chi connectivity index (χ2v) is 5.44. The van der Waals surface area contributed by atoms with E-state index >= 15 is 0 Å². The largest absolute Gasteiger partial charge is 0.438 e. The smallest absolute Gasteiger partial charge is 0.421 e. The zero-order chi connectivity index (χ0) is 18.4. The molecule has 0 unspecified atom stereocenters. The van der Waals surface area contributed by atoms with Crippen molar-refractivity contribution in [3.8, 4) is 11.6 Å². The summed E-state index contributed by atoms with van der Waals surface area (Å²) in [6.07, 6.45) is -3.26. The van der Waals surface area contributed by atoms with E-state index in [1.54, 1.807) is 24.3 Å². The maximum Gasteiger partial charge on any atom is 0.421 e. The van der Waals surface area contributed by atoms with Crippen LogP contribution in [0.4, 0.5) is 18.9 Å². The average Bonchev–Trinajstić information content (AvgIpc) is 2.64. The van der Waals surface area contributed by atoms with Crippen LogP contribution >= 0.6 is 0 Å². The van der Waals surface area contributed by atoms with E-state index in [0.717, 1.165) is 17.3 Å². The van der Waals surface area contributed by atoms with Gasteiger partial charge in [0, 0.05) is 18.4 Å².